The van der Waals surface area contributed by atoms with Gasteiger partial charge in [0, 0.05) is 38.1 Å². The number of furan rings is 2. The average molecular weight is 834 g/mol. The molecule has 0 amide bonds. The zero-order valence-electron chi connectivity index (χ0n) is 35.7. The van der Waals surface area contributed by atoms with Crippen LogP contribution in [0.1, 0.15) is 25.0 Å². The van der Waals surface area contributed by atoms with E-state index in [0.29, 0.717) is 17.5 Å². The molecule has 0 spiro atoms. The maximum atomic E-state index is 6.59. The molecule has 306 valence electrons. The first-order valence-corrected chi connectivity index (χ1v) is 22.1. The Labute approximate surface area is 375 Å². The van der Waals surface area contributed by atoms with E-state index in [9.17, 15) is 0 Å². The van der Waals surface area contributed by atoms with Gasteiger partial charge in [-0.2, -0.15) is 0 Å². The molecule has 0 unspecified atom stereocenters. The summed E-state index contributed by atoms with van der Waals surface area (Å²) in [6, 6.07) is 70.3. The van der Waals surface area contributed by atoms with Crippen LogP contribution in [0.3, 0.4) is 0 Å². The molecule has 0 saturated heterocycles. The van der Waals surface area contributed by atoms with Gasteiger partial charge in [-0.15, -0.1) is 0 Å². The molecule has 5 heteroatoms. The van der Waals surface area contributed by atoms with E-state index in [2.05, 4.69) is 166 Å². The van der Waals surface area contributed by atoms with Crippen molar-refractivity contribution < 1.29 is 8.83 Å². The molecular formula is C60H39N3O2. The third kappa shape index (κ3) is 5.97. The molecule has 13 rings (SSSR count). The SMILES string of the molecule is CC1(C)c2ccccc2-c2ccc(-c3cccc(-c4ccc5oc6cccc(-c7nc(-c8cccc(-c9ccccc9)c8)nc(-c8cccc9c8oc8ccccc89)n7)c6c5c4)c3)cc21. The number of fused-ring (bicyclic) bond motifs is 9. The summed E-state index contributed by atoms with van der Waals surface area (Å²) in [5, 5.41) is 4.00. The maximum Gasteiger partial charge on any atom is 0.167 e. The van der Waals surface area contributed by atoms with E-state index in [1.165, 1.54) is 33.4 Å². The lowest BCUT2D eigenvalue weighted by atomic mass is 9.81. The minimum atomic E-state index is -0.0718. The summed E-state index contributed by atoms with van der Waals surface area (Å²) < 4.78 is 13.1. The van der Waals surface area contributed by atoms with Crippen molar-refractivity contribution in [1.82, 2.24) is 15.0 Å². The summed E-state index contributed by atoms with van der Waals surface area (Å²) in [6.45, 7) is 4.67. The normalized spacial score (nSPS) is 12.9. The minimum absolute atomic E-state index is 0.0718. The highest BCUT2D eigenvalue weighted by molar-refractivity contribution is 6.13. The Morgan fingerprint density at radius 3 is 1.72 bits per heavy atom. The Morgan fingerprint density at radius 1 is 0.323 bits per heavy atom. The van der Waals surface area contributed by atoms with Crippen molar-refractivity contribution >= 4 is 43.9 Å². The number of rotatable bonds is 6. The molecule has 0 aliphatic heterocycles. The highest BCUT2D eigenvalue weighted by atomic mass is 16.3. The van der Waals surface area contributed by atoms with Crippen molar-refractivity contribution in [2.75, 3.05) is 0 Å². The van der Waals surface area contributed by atoms with Crippen molar-refractivity contribution in [2.24, 2.45) is 0 Å². The molecule has 9 aromatic carbocycles. The highest BCUT2D eigenvalue weighted by Crippen LogP contribution is 2.50. The maximum absolute atomic E-state index is 6.59. The second kappa shape index (κ2) is 14.3. The van der Waals surface area contributed by atoms with Crippen molar-refractivity contribution in [1.29, 1.82) is 0 Å². The van der Waals surface area contributed by atoms with Crippen LogP contribution in [-0.2, 0) is 5.41 Å². The first-order chi connectivity index (χ1) is 31.9. The van der Waals surface area contributed by atoms with Crippen LogP contribution in [0.25, 0.3) is 123 Å². The van der Waals surface area contributed by atoms with Crippen molar-refractivity contribution in [3.63, 3.8) is 0 Å². The van der Waals surface area contributed by atoms with Gasteiger partial charge in [-0.3, -0.25) is 0 Å². The van der Waals surface area contributed by atoms with Crippen LogP contribution < -0.4 is 0 Å². The Morgan fingerprint density at radius 2 is 0.862 bits per heavy atom. The predicted octanol–water partition coefficient (Wildman–Crippen LogP) is 16.0. The van der Waals surface area contributed by atoms with Crippen LogP contribution in [0, 0.1) is 0 Å². The molecule has 0 saturated carbocycles. The molecule has 0 atom stereocenters. The van der Waals surface area contributed by atoms with Gasteiger partial charge >= 0.3 is 0 Å². The summed E-state index contributed by atoms with van der Waals surface area (Å²) in [5.41, 5.74) is 17.8. The van der Waals surface area contributed by atoms with E-state index in [0.717, 1.165) is 82.8 Å². The Kier molecular flexibility index (Phi) is 8.18. The lowest BCUT2D eigenvalue weighted by molar-refractivity contribution is 0.660. The number of hydrogen-bond donors (Lipinski definition) is 0. The minimum Gasteiger partial charge on any atom is -0.456 e. The Balaban J connectivity index is 0.961. The molecular weight excluding hydrogens is 795 g/mol. The summed E-state index contributed by atoms with van der Waals surface area (Å²) >= 11 is 0. The summed E-state index contributed by atoms with van der Waals surface area (Å²) in [7, 11) is 0. The number of nitrogens with zero attached hydrogens (tertiary/aromatic N) is 3. The second-order valence-corrected chi connectivity index (χ2v) is 17.5. The van der Waals surface area contributed by atoms with Crippen LogP contribution in [-0.4, -0.2) is 15.0 Å². The number of aromatic nitrogens is 3. The topological polar surface area (TPSA) is 65.0 Å². The van der Waals surface area contributed by atoms with Gasteiger partial charge < -0.3 is 8.83 Å². The molecule has 12 aromatic rings. The van der Waals surface area contributed by atoms with Gasteiger partial charge in [0.25, 0.3) is 0 Å². The number of para-hydroxylation sites is 2. The zero-order chi connectivity index (χ0) is 43.2. The first-order valence-electron chi connectivity index (χ1n) is 22.1. The standard InChI is InChI=1S/C60H39N3O2/c1-60(2)50-25-8-6-20-43(50)44-30-28-41(35-51(44)60)39-18-10-17-38(32-39)40-29-31-53-49(34-40)55-47(23-13-27-54(55)64-53)58-61-57(42-19-11-16-37(33-42)36-14-4-3-5-15-36)62-59(63-58)48-24-12-22-46-45-21-7-9-26-52(45)65-56(46)48/h3-35H,1-2H3. The van der Waals surface area contributed by atoms with Crippen molar-refractivity contribution in [3.05, 3.63) is 211 Å². The van der Waals surface area contributed by atoms with Crippen LogP contribution in [0.4, 0.5) is 0 Å². The third-order valence-corrected chi connectivity index (χ3v) is 13.4. The van der Waals surface area contributed by atoms with Gasteiger partial charge in [0.2, 0.25) is 0 Å². The van der Waals surface area contributed by atoms with E-state index < -0.39 is 0 Å². The van der Waals surface area contributed by atoms with E-state index >= 15 is 0 Å². The largest absolute Gasteiger partial charge is 0.456 e. The van der Waals surface area contributed by atoms with Crippen LogP contribution >= 0.6 is 0 Å². The van der Waals surface area contributed by atoms with Crippen LogP contribution in [0.15, 0.2) is 209 Å². The average Bonchev–Trinajstić information content (AvgIpc) is 4.01. The molecule has 0 radical (unpaired) electrons. The molecule has 5 nitrogen and oxygen atoms in total. The van der Waals surface area contributed by atoms with Gasteiger partial charge in [-0.05, 0) is 104 Å². The Hall–Kier alpha value is -8.41. The molecule has 0 bridgehead atoms. The molecule has 3 heterocycles. The monoisotopic (exact) mass is 833 g/mol. The van der Waals surface area contributed by atoms with Gasteiger partial charge in [0.05, 0.1) is 5.56 Å². The fourth-order valence-corrected chi connectivity index (χ4v) is 10.1. The quantitative estimate of drug-likeness (QED) is 0.167. The fraction of sp³-hybridized carbons (Fsp3) is 0.0500. The van der Waals surface area contributed by atoms with Crippen LogP contribution in [0.5, 0.6) is 0 Å². The fourth-order valence-electron chi connectivity index (χ4n) is 10.1. The number of hydrogen-bond acceptors (Lipinski definition) is 5. The van der Waals surface area contributed by atoms with E-state index in [4.69, 9.17) is 23.8 Å². The molecule has 0 N–H and O–H groups in total. The van der Waals surface area contributed by atoms with E-state index in [1.54, 1.807) is 0 Å². The van der Waals surface area contributed by atoms with Gasteiger partial charge in [0.1, 0.15) is 22.3 Å². The van der Waals surface area contributed by atoms with Gasteiger partial charge in [0.15, 0.2) is 17.5 Å². The molecule has 1 aliphatic rings. The predicted molar refractivity (Wildman–Crippen MR) is 265 cm³/mol. The molecule has 1 aliphatic carbocycles. The molecule has 3 aromatic heterocycles. The zero-order valence-corrected chi connectivity index (χ0v) is 35.7. The van der Waals surface area contributed by atoms with Crippen molar-refractivity contribution in [3.8, 4) is 78.7 Å². The lowest BCUT2D eigenvalue weighted by Gasteiger charge is -2.22. The van der Waals surface area contributed by atoms with E-state index in [-0.39, 0.29) is 5.41 Å². The molecule has 65 heavy (non-hydrogen) atoms. The van der Waals surface area contributed by atoms with Gasteiger partial charge in [-0.25, -0.2) is 15.0 Å². The van der Waals surface area contributed by atoms with Crippen molar-refractivity contribution in [2.45, 2.75) is 19.3 Å². The Bertz CT molecular complexity index is 3880. The van der Waals surface area contributed by atoms with Gasteiger partial charge in [-0.1, -0.05) is 166 Å². The van der Waals surface area contributed by atoms with E-state index in [1.807, 2.05) is 48.5 Å². The smallest absolute Gasteiger partial charge is 0.167 e. The highest BCUT2D eigenvalue weighted by Gasteiger charge is 2.35. The summed E-state index contributed by atoms with van der Waals surface area (Å²) in [4.78, 5) is 15.8. The first kappa shape index (κ1) is 37.2. The lowest BCUT2D eigenvalue weighted by Crippen LogP contribution is -2.14. The molecule has 0 fully saturated rings. The third-order valence-electron chi connectivity index (χ3n) is 13.4. The summed E-state index contributed by atoms with van der Waals surface area (Å²) in [5.74, 6) is 1.64. The van der Waals surface area contributed by atoms with Crippen LogP contribution in [0.2, 0.25) is 0 Å². The second-order valence-electron chi connectivity index (χ2n) is 17.5. The number of benzene rings is 9. The summed E-state index contributed by atoms with van der Waals surface area (Å²) in [6.07, 6.45) is 0.